The van der Waals surface area contributed by atoms with Crippen LogP contribution in [0.25, 0.3) is 0 Å². The third kappa shape index (κ3) is 5.23. The molecule has 0 aromatic heterocycles. The first kappa shape index (κ1) is 18.7. The normalized spacial score (nSPS) is 15.1. The smallest absolute Gasteiger partial charge is 0.321 e. The number of hydrogen-bond acceptors (Lipinski definition) is 2. The minimum atomic E-state index is -0.00973. The largest absolute Gasteiger partial charge is 0.322 e. The van der Waals surface area contributed by atoms with Crippen LogP contribution in [0.3, 0.4) is 0 Å². The maximum absolute atomic E-state index is 12.5. The van der Waals surface area contributed by atoms with Crippen LogP contribution in [-0.2, 0) is 6.42 Å². The highest BCUT2D eigenvalue weighted by atomic mass is 35.5. The highest BCUT2D eigenvalue weighted by Gasteiger charge is 2.21. The number of halogens is 1. The number of nitrogens with zero attached hydrogens (tertiary/aromatic N) is 2. The summed E-state index contributed by atoms with van der Waals surface area (Å²) in [6.45, 7) is 8.40. The van der Waals surface area contributed by atoms with Gasteiger partial charge in [-0.1, -0.05) is 29.8 Å². The number of rotatable bonds is 4. The van der Waals surface area contributed by atoms with Crippen LogP contribution in [0.1, 0.15) is 16.7 Å². The van der Waals surface area contributed by atoms with Gasteiger partial charge in [0.1, 0.15) is 0 Å². The Labute approximate surface area is 160 Å². The lowest BCUT2D eigenvalue weighted by Gasteiger charge is -2.34. The SMILES string of the molecule is Cc1cc(C)cc(NC(=O)N2CCN(CCc3cccc(Cl)c3)CC2)c1. The van der Waals surface area contributed by atoms with E-state index in [1.165, 1.54) is 5.56 Å². The van der Waals surface area contributed by atoms with E-state index in [1.807, 2.05) is 49.1 Å². The Bertz CT molecular complexity index is 749. The Balaban J connectivity index is 1.46. The van der Waals surface area contributed by atoms with Crippen molar-refractivity contribution in [3.63, 3.8) is 0 Å². The number of carbonyl (C=O) groups excluding carboxylic acids is 1. The van der Waals surface area contributed by atoms with Gasteiger partial charge in [0.15, 0.2) is 0 Å². The molecular weight excluding hydrogens is 346 g/mol. The van der Waals surface area contributed by atoms with Crippen molar-refractivity contribution < 1.29 is 4.79 Å². The summed E-state index contributed by atoms with van der Waals surface area (Å²) in [5, 5.41) is 3.81. The van der Waals surface area contributed by atoms with Crippen molar-refractivity contribution >= 4 is 23.3 Å². The van der Waals surface area contributed by atoms with Crippen molar-refractivity contribution in [2.24, 2.45) is 0 Å². The second-order valence-electron chi connectivity index (χ2n) is 7.02. The molecule has 4 nitrogen and oxygen atoms in total. The third-order valence-corrected chi connectivity index (χ3v) is 4.97. The molecule has 0 saturated carbocycles. The number of carbonyl (C=O) groups is 1. The van der Waals surface area contributed by atoms with Gasteiger partial charge in [-0.3, -0.25) is 4.90 Å². The maximum atomic E-state index is 12.5. The van der Waals surface area contributed by atoms with Gasteiger partial charge < -0.3 is 10.2 Å². The van der Waals surface area contributed by atoms with Gasteiger partial charge in [0.05, 0.1) is 0 Å². The fourth-order valence-corrected chi connectivity index (χ4v) is 3.62. The quantitative estimate of drug-likeness (QED) is 0.867. The summed E-state index contributed by atoms with van der Waals surface area (Å²) in [5.74, 6) is 0. The molecule has 3 rings (SSSR count). The van der Waals surface area contributed by atoms with Gasteiger partial charge in [0.2, 0.25) is 0 Å². The topological polar surface area (TPSA) is 35.6 Å². The lowest BCUT2D eigenvalue weighted by Crippen LogP contribution is -2.50. The Hall–Kier alpha value is -2.04. The number of nitrogens with one attached hydrogen (secondary N) is 1. The highest BCUT2D eigenvalue weighted by Crippen LogP contribution is 2.15. The Kier molecular flexibility index (Phi) is 6.17. The molecule has 1 N–H and O–H groups in total. The number of aryl methyl sites for hydroxylation is 2. The van der Waals surface area contributed by atoms with E-state index < -0.39 is 0 Å². The molecule has 1 aliphatic rings. The van der Waals surface area contributed by atoms with E-state index in [-0.39, 0.29) is 6.03 Å². The number of hydrogen-bond donors (Lipinski definition) is 1. The van der Waals surface area contributed by atoms with Crippen molar-refractivity contribution in [1.82, 2.24) is 9.80 Å². The number of anilines is 1. The van der Waals surface area contributed by atoms with E-state index in [9.17, 15) is 4.79 Å². The molecule has 1 heterocycles. The first-order valence-corrected chi connectivity index (χ1v) is 9.48. The van der Waals surface area contributed by atoms with E-state index >= 15 is 0 Å². The molecule has 26 heavy (non-hydrogen) atoms. The monoisotopic (exact) mass is 371 g/mol. The van der Waals surface area contributed by atoms with E-state index in [4.69, 9.17) is 11.6 Å². The van der Waals surface area contributed by atoms with Gasteiger partial charge >= 0.3 is 6.03 Å². The molecule has 0 radical (unpaired) electrons. The molecule has 0 atom stereocenters. The molecule has 2 amide bonds. The third-order valence-electron chi connectivity index (χ3n) is 4.74. The molecule has 0 bridgehead atoms. The van der Waals surface area contributed by atoms with E-state index in [0.717, 1.165) is 61.0 Å². The predicted molar refractivity (Wildman–Crippen MR) is 108 cm³/mol. The summed E-state index contributed by atoms with van der Waals surface area (Å²) in [5.41, 5.74) is 4.45. The zero-order valence-corrected chi connectivity index (χ0v) is 16.2. The lowest BCUT2D eigenvalue weighted by molar-refractivity contribution is 0.148. The van der Waals surface area contributed by atoms with E-state index in [2.05, 4.69) is 22.3 Å². The van der Waals surface area contributed by atoms with Crippen LogP contribution >= 0.6 is 11.6 Å². The molecule has 1 fully saturated rings. The zero-order chi connectivity index (χ0) is 18.5. The van der Waals surface area contributed by atoms with Gasteiger partial charge in [0.25, 0.3) is 0 Å². The molecule has 1 saturated heterocycles. The van der Waals surface area contributed by atoms with Gasteiger partial charge in [-0.2, -0.15) is 0 Å². The van der Waals surface area contributed by atoms with Crippen molar-refractivity contribution in [2.45, 2.75) is 20.3 Å². The number of piperazine rings is 1. The maximum Gasteiger partial charge on any atom is 0.321 e. The fourth-order valence-electron chi connectivity index (χ4n) is 3.40. The standard InChI is InChI=1S/C21H26ClN3O/c1-16-12-17(2)14-20(13-16)23-21(26)25-10-8-24(9-11-25)7-6-18-4-3-5-19(22)15-18/h3-5,12-15H,6-11H2,1-2H3,(H,23,26). The van der Waals surface area contributed by atoms with Gasteiger partial charge in [-0.15, -0.1) is 0 Å². The van der Waals surface area contributed by atoms with Gasteiger partial charge in [-0.05, 0) is 61.2 Å². The molecule has 138 valence electrons. The molecule has 0 unspecified atom stereocenters. The van der Waals surface area contributed by atoms with Crippen molar-refractivity contribution in [2.75, 3.05) is 38.0 Å². The summed E-state index contributed by atoms with van der Waals surface area (Å²) in [6.07, 6.45) is 0.981. The summed E-state index contributed by atoms with van der Waals surface area (Å²) in [7, 11) is 0. The second-order valence-corrected chi connectivity index (χ2v) is 7.45. The summed E-state index contributed by atoms with van der Waals surface area (Å²) in [6, 6.07) is 14.1. The number of urea groups is 1. The van der Waals surface area contributed by atoms with Crippen LogP contribution in [0.4, 0.5) is 10.5 Å². The van der Waals surface area contributed by atoms with Crippen LogP contribution in [0.15, 0.2) is 42.5 Å². The van der Waals surface area contributed by atoms with Crippen LogP contribution in [0, 0.1) is 13.8 Å². The van der Waals surface area contributed by atoms with Gasteiger partial charge in [0, 0.05) is 43.4 Å². The first-order valence-electron chi connectivity index (χ1n) is 9.10. The molecule has 1 aliphatic heterocycles. The first-order chi connectivity index (χ1) is 12.5. The predicted octanol–water partition coefficient (Wildman–Crippen LogP) is 4.35. The zero-order valence-electron chi connectivity index (χ0n) is 15.5. The average Bonchev–Trinajstić information content (AvgIpc) is 2.59. The lowest BCUT2D eigenvalue weighted by atomic mass is 10.1. The molecule has 2 aromatic rings. The van der Waals surface area contributed by atoms with Crippen molar-refractivity contribution in [3.05, 3.63) is 64.2 Å². The summed E-state index contributed by atoms with van der Waals surface area (Å²) in [4.78, 5) is 16.8. The number of amides is 2. The number of benzene rings is 2. The van der Waals surface area contributed by atoms with E-state index in [1.54, 1.807) is 0 Å². The Morgan fingerprint density at radius 1 is 1.04 bits per heavy atom. The molecule has 2 aromatic carbocycles. The molecular formula is C21H26ClN3O. The Morgan fingerprint density at radius 2 is 1.73 bits per heavy atom. The Morgan fingerprint density at radius 3 is 2.38 bits per heavy atom. The minimum Gasteiger partial charge on any atom is -0.322 e. The molecule has 5 heteroatoms. The minimum absolute atomic E-state index is 0.00973. The van der Waals surface area contributed by atoms with Crippen LogP contribution in [-0.4, -0.2) is 48.6 Å². The second kappa shape index (κ2) is 8.56. The average molecular weight is 372 g/mol. The van der Waals surface area contributed by atoms with Crippen molar-refractivity contribution in [3.8, 4) is 0 Å². The van der Waals surface area contributed by atoms with E-state index in [0.29, 0.717) is 0 Å². The van der Waals surface area contributed by atoms with Crippen LogP contribution < -0.4 is 5.32 Å². The van der Waals surface area contributed by atoms with Crippen molar-refractivity contribution in [1.29, 1.82) is 0 Å². The molecule has 0 spiro atoms. The summed E-state index contributed by atoms with van der Waals surface area (Å²) < 4.78 is 0. The fraction of sp³-hybridized carbons (Fsp3) is 0.381. The summed E-state index contributed by atoms with van der Waals surface area (Å²) >= 11 is 6.04. The van der Waals surface area contributed by atoms with Gasteiger partial charge in [-0.25, -0.2) is 4.79 Å². The molecule has 0 aliphatic carbocycles. The van der Waals surface area contributed by atoms with Crippen LogP contribution in [0.5, 0.6) is 0 Å². The van der Waals surface area contributed by atoms with Crippen LogP contribution in [0.2, 0.25) is 5.02 Å². The highest BCUT2D eigenvalue weighted by molar-refractivity contribution is 6.30.